The molecule has 0 atom stereocenters. The van der Waals surface area contributed by atoms with E-state index in [2.05, 4.69) is 56.4 Å². The van der Waals surface area contributed by atoms with Crippen molar-refractivity contribution < 1.29 is 4.74 Å². The average Bonchev–Trinajstić information content (AvgIpc) is 2.74. The van der Waals surface area contributed by atoms with Crippen LogP contribution in [0, 0.1) is 0 Å². The molecule has 1 aliphatic carbocycles. The van der Waals surface area contributed by atoms with Crippen LogP contribution in [0.25, 0.3) is 6.08 Å². The summed E-state index contributed by atoms with van der Waals surface area (Å²) in [5.41, 5.74) is 3.49. The highest BCUT2D eigenvalue weighted by Crippen LogP contribution is 2.28. The maximum atomic E-state index is 6.24. The highest BCUT2D eigenvalue weighted by Gasteiger charge is 2.11. The minimum Gasteiger partial charge on any atom is -0.460 e. The predicted molar refractivity (Wildman–Crippen MR) is 91.1 cm³/mol. The zero-order chi connectivity index (χ0) is 15.1. The summed E-state index contributed by atoms with van der Waals surface area (Å²) in [6.07, 6.45) is 15.4. The monoisotopic (exact) mass is 278 g/mol. The van der Waals surface area contributed by atoms with Gasteiger partial charge in [0.2, 0.25) is 0 Å². The first-order chi connectivity index (χ1) is 10.3. The van der Waals surface area contributed by atoms with Crippen molar-refractivity contribution in [3.05, 3.63) is 83.2 Å². The Morgan fingerprint density at radius 1 is 1.14 bits per heavy atom. The van der Waals surface area contributed by atoms with E-state index >= 15 is 0 Å². The molecule has 0 aromatic heterocycles. The molecule has 0 amide bonds. The highest BCUT2D eigenvalue weighted by molar-refractivity contribution is 5.57. The van der Waals surface area contributed by atoms with Gasteiger partial charge in [-0.25, -0.2) is 0 Å². The average molecular weight is 278 g/mol. The summed E-state index contributed by atoms with van der Waals surface area (Å²) < 4.78 is 6.24. The smallest absolute Gasteiger partial charge is 0.134 e. The zero-order valence-electron chi connectivity index (χ0n) is 13.0. The first kappa shape index (κ1) is 15.1. The number of para-hydroxylation sites is 1. The van der Waals surface area contributed by atoms with Crippen molar-refractivity contribution in [2.75, 3.05) is 0 Å². The SMILES string of the molecule is C/C=C/c1ccccc1OC1=C(/C(C)=C/C)C=CC=CC1. The summed E-state index contributed by atoms with van der Waals surface area (Å²) in [5, 5.41) is 0. The fraction of sp³-hybridized carbons (Fsp3) is 0.200. The Kier molecular flexibility index (Phi) is 5.39. The Labute approximate surface area is 127 Å². The van der Waals surface area contributed by atoms with Gasteiger partial charge in [-0.2, -0.15) is 0 Å². The van der Waals surface area contributed by atoms with E-state index in [-0.39, 0.29) is 0 Å². The summed E-state index contributed by atoms with van der Waals surface area (Å²) in [7, 11) is 0. The van der Waals surface area contributed by atoms with Crippen molar-refractivity contribution in [1.29, 1.82) is 0 Å². The van der Waals surface area contributed by atoms with Gasteiger partial charge in [-0.05, 0) is 32.4 Å². The molecule has 0 fully saturated rings. The third-order valence-corrected chi connectivity index (χ3v) is 3.47. The molecule has 1 aliphatic rings. The molecule has 0 spiro atoms. The molecule has 21 heavy (non-hydrogen) atoms. The summed E-state index contributed by atoms with van der Waals surface area (Å²) in [6, 6.07) is 8.12. The Morgan fingerprint density at radius 2 is 1.95 bits per heavy atom. The van der Waals surface area contributed by atoms with Crippen LogP contribution < -0.4 is 4.74 Å². The second-order valence-electron chi connectivity index (χ2n) is 4.94. The fourth-order valence-corrected chi connectivity index (χ4v) is 2.24. The molecule has 0 aliphatic heterocycles. The normalized spacial score (nSPS) is 15.7. The zero-order valence-corrected chi connectivity index (χ0v) is 13.0. The quantitative estimate of drug-likeness (QED) is 0.672. The number of rotatable bonds is 4. The molecule has 108 valence electrons. The minimum atomic E-state index is 0.803. The molecule has 0 heterocycles. The van der Waals surface area contributed by atoms with Crippen molar-refractivity contribution in [2.24, 2.45) is 0 Å². The topological polar surface area (TPSA) is 9.23 Å². The van der Waals surface area contributed by atoms with E-state index in [9.17, 15) is 0 Å². The third kappa shape index (κ3) is 3.85. The Morgan fingerprint density at radius 3 is 2.71 bits per heavy atom. The number of ether oxygens (including phenoxy) is 1. The maximum Gasteiger partial charge on any atom is 0.134 e. The lowest BCUT2D eigenvalue weighted by Crippen LogP contribution is -2.01. The number of allylic oxidation sites excluding steroid dienone is 8. The second kappa shape index (κ2) is 7.49. The molecule has 0 saturated carbocycles. The van der Waals surface area contributed by atoms with Gasteiger partial charge >= 0.3 is 0 Å². The number of benzene rings is 1. The first-order valence-electron chi connectivity index (χ1n) is 7.35. The van der Waals surface area contributed by atoms with E-state index in [1.165, 1.54) is 5.57 Å². The Hall–Kier alpha value is -2.28. The van der Waals surface area contributed by atoms with Crippen molar-refractivity contribution in [2.45, 2.75) is 27.2 Å². The second-order valence-corrected chi connectivity index (χ2v) is 4.94. The molecule has 0 radical (unpaired) electrons. The van der Waals surface area contributed by atoms with Gasteiger partial charge in [-0.15, -0.1) is 0 Å². The van der Waals surface area contributed by atoms with Gasteiger partial charge in [-0.3, -0.25) is 0 Å². The van der Waals surface area contributed by atoms with Crippen LogP contribution in [0.4, 0.5) is 0 Å². The molecule has 1 aromatic carbocycles. The highest BCUT2D eigenvalue weighted by atomic mass is 16.5. The molecule has 1 aromatic rings. The molecule has 1 nitrogen and oxygen atoms in total. The van der Waals surface area contributed by atoms with Crippen LogP contribution in [0.5, 0.6) is 5.75 Å². The van der Waals surface area contributed by atoms with Gasteiger partial charge in [0.25, 0.3) is 0 Å². The molecular weight excluding hydrogens is 256 g/mol. The minimum absolute atomic E-state index is 0.803. The van der Waals surface area contributed by atoms with Gasteiger partial charge in [0, 0.05) is 17.6 Å². The van der Waals surface area contributed by atoms with Crippen molar-refractivity contribution in [1.82, 2.24) is 0 Å². The van der Waals surface area contributed by atoms with Gasteiger partial charge < -0.3 is 4.74 Å². The molecule has 0 saturated heterocycles. The van der Waals surface area contributed by atoms with E-state index in [4.69, 9.17) is 4.74 Å². The van der Waals surface area contributed by atoms with Gasteiger partial charge in [-0.1, -0.05) is 60.7 Å². The van der Waals surface area contributed by atoms with Gasteiger partial charge in [0.1, 0.15) is 11.5 Å². The van der Waals surface area contributed by atoms with Crippen molar-refractivity contribution in [3.63, 3.8) is 0 Å². The third-order valence-electron chi connectivity index (χ3n) is 3.47. The van der Waals surface area contributed by atoms with Crippen LogP contribution in [0.3, 0.4) is 0 Å². The molecule has 2 rings (SSSR count). The predicted octanol–water partition coefficient (Wildman–Crippen LogP) is 5.83. The largest absolute Gasteiger partial charge is 0.460 e. The maximum absolute atomic E-state index is 6.24. The summed E-state index contributed by atoms with van der Waals surface area (Å²) in [5.74, 6) is 1.89. The van der Waals surface area contributed by atoms with E-state index in [0.717, 1.165) is 29.1 Å². The summed E-state index contributed by atoms with van der Waals surface area (Å²) >= 11 is 0. The Balaban J connectivity index is 2.42. The molecule has 0 unspecified atom stereocenters. The number of hydrogen-bond acceptors (Lipinski definition) is 1. The van der Waals surface area contributed by atoms with E-state index < -0.39 is 0 Å². The van der Waals surface area contributed by atoms with Crippen LogP contribution in [0.2, 0.25) is 0 Å². The lowest BCUT2D eigenvalue weighted by atomic mass is 10.0. The first-order valence-corrected chi connectivity index (χ1v) is 7.35. The van der Waals surface area contributed by atoms with Gasteiger partial charge in [0.15, 0.2) is 0 Å². The molecular formula is C20H22O. The van der Waals surface area contributed by atoms with E-state index in [1.54, 1.807) is 0 Å². The van der Waals surface area contributed by atoms with Crippen LogP contribution in [-0.4, -0.2) is 0 Å². The summed E-state index contributed by atoms with van der Waals surface area (Å²) in [6.45, 7) is 6.19. The van der Waals surface area contributed by atoms with Crippen LogP contribution in [0.1, 0.15) is 32.8 Å². The fourth-order valence-electron chi connectivity index (χ4n) is 2.24. The van der Waals surface area contributed by atoms with Crippen molar-refractivity contribution >= 4 is 6.08 Å². The van der Waals surface area contributed by atoms with Crippen LogP contribution in [-0.2, 0) is 0 Å². The van der Waals surface area contributed by atoms with E-state index in [1.807, 2.05) is 31.2 Å². The number of hydrogen-bond donors (Lipinski definition) is 0. The summed E-state index contributed by atoms with van der Waals surface area (Å²) in [4.78, 5) is 0. The van der Waals surface area contributed by atoms with Crippen molar-refractivity contribution in [3.8, 4) is 5.75 Å². The van der Waals surface area contributed by atoms with E-state index in [0.29, 0.717) is 0 Å². The molecule has 1 heteroatoms. The standard InChI is InChI=1S/C20H22O/c1-4-11-17-12-9-10-14-19(17)21-20-15-8-6-7-13-18(20)16(3)5-2/h4-14H,15H2,1-3H3/b11-4+,16-5+. The molecule has 0 N–H and O–H groups in total. The van der Waals surface area contributed by atoms with Crippen LogP contribution >= 0.6 is 0 Å². The lowest BCUT2D eigenvalue weighted by molar-refractivity contribution is 0.411. The Bertz CT molecular complexity index is 640. The van der Waals surface area contributed by atoms with Crippen LogP contribution in [0.15, 0.2) is 77.6 Å². The molecule has 0 bridgehead atoms. The lowest BCUT2D eigenvalue weighted by Gasteiger charge is -2.15. The van der Waals surface area contributed by atoms with Gasteiger partial charge in [0.05, 0.1) is 0 Å².